The zero-order chi connectivity index (χ0) is 18.9. The van der Waals surface area contributed by atoms with Crippen LogP contribution in [0.5, 0.6) is 0 Å². The number of pyridine rings is 1. The third-order valence-electron chi connectivity index (χ3n) is 4.44. The highest BCUT2D eigenvalue weighted by molar-refractivity contribution is 9.11. The zero-order valence-electron chi connectivity index (χ0n) is 15.3. The van der Waals surface area contributed by atoms with Crippen molar-refractivity contribution in [1.29, 1.82) is 0 Å². The molecular formula is C18H24BrN3O2S2. The van der Waals surface area contributed by atoms with Crippen molar-refractivity contribution in [2.45, 2.75) is 45.1 Å². The minimum Gasteiger partial charge on any atom is -0.369 e. The van der Waals surface area contributed by atoms with Gasteiger partial charge in [0.1, 0.15) is 10.7 Å². The molecule has 2 aromatic rings. The van der Waals surface area contributed by atoms with Gasteiger partial charge in [0.05, 0.1) is 3.79 Å². The molecule has 0 fully saturated rings. The molecule has 8 heteroatoms. The SMILES string of the molecule is Cc1cnc(NCCC(C)C)c(S(=O)(=O)N2CCc3cc(Br)sc3C2)c1. The largest absolute Gasteiger partial charge is 0.369 e. The van der Waals surface area contributed by atoms with E-state index >= 15 is 0 Å². The van der Waals surface area contributed by atoms with E-state index in [2.05, 4.69) is 46.1 Å². The van der Waals surface area contributed by atoms with Crippen LogP contribution in [-0.4, -0.2) is 30.8 Å². The summed E-state index contributed by atoms with van der Waals surface area (Å²) >= 11 is 5.11. The first kappa shape index (κ1) is 19.8. The van der Waals surface area contributed by atoms with Crippen molar-refractivity contribution < 1.29 is 8.42 Å². The van der Waals surface area contributed by atoms with Crippen molar-refractivity contribution in [2.75, 3.05) is 18.4 Å². The van der Waals surface area contributed by atoms with Gasteiger partial charge in [0.25, 0.3) is 0 Å². The van der Waals surface area contributed by atoms with Gasteiger partial charge in [-0.1, -0.05) is 13.8 Å². The van der Waals surface area contributed by atoms with E-state index < -0.39 is 10.0 Å². The first-order valence-electron chi connectivity index (χ1n) is 8.75. The van der Waals surface area contributed by atoms with Crippen molar-refractivity contribution in [3.63, 3.8) is 0 Å². The van der Waals surface area contributed by atoms with Crippen LogP contribution in [0.2, 0.25) is 0 Å². The third-order valence-corrected chi connectivity index (χ3v) is 7.96. The molecule has 0 spiro atoms. The number of aryl methyl sites for hydroxylation is 1. The Kier molecular flexibility index (Phi) is 6.06. The molecule has 5 nitrogen and oxygen atoms in total. The number of thiophene rings is 1. The lowest BCUT2D eigenvalue weighted by Gasteiger charge is -2.27. The van der Waals surface area contributed by atoms with E-state index in [9.17, 15) is 8.42 Å². The Bertz CT molecular complexity index is 894. The highest BCUT2D eigenvalue weighted by Crippen LogP contribution is 2.34. The first-order valence-corrected chi connectivity index (χ1v) is 11.8. The number of hydrogen-bond acceptors (Lipinski definition) is 5. The number of halogens is 1. The molecule has 0 aliphatic carbocycles. The average Bonchev–Trinajstić information content (AvgIpc) is 2.94. The summed E-state index contributed by atoms with van der Waals surface area (Å²) in [5.74, 6) is 1.00. The van der Waals surface area contributed by atoms with Gasteiger partial charge in [0.15, 0.2) is 0 Å². The number of rotatable bonds is 6. The van der Waals surface area contributed by atoms with Crippen molar-refractivity contribution >= 4 is 43.1 Å². The molecule has 1 aliphatic rings. The number of hydrogen-bond donors (Lipinski definition) is 1. The predicted octanol–water partition coefficient (Wildman–Crippen LogP) is 4.42. The lowest BCUT2D eigenvalue weighted by Crippen LogP contribution is -2.35. The van der Waals surface area contributed by atoms with Gasteiger partial charge in [-0.05, 0) is 64.9 Å². The molecule has 1 N–H and O–H groups in total. The van der Waals surface area contributed by atoms with Gasteiger partial charge in [-0.3, -0.25) is 0 Å². The van der Waals surface area contributed by atoms with Crippen LogP contribution >= 0.6 is 27.3 Å². The van der Waals surface area contributed by atoms with E-state index in [1.54, 1.807) is 27.9 Å². The zero-order valence-corrected chi connectivity index (χ0v) is 18.5. The van der Waals surface area contributed by atoms with Crippen LogP contribution in [-0.2, 0) is 23.0 Å². The molecule has 3 rings (SSSR count). The topological polar surface area (TPSA) is 62.3 Å². The van der Waals surface area contributed by atoms with E-state index in [-0.39, 0.29) is 4.90 Å². The summed E-state index contributed by atoms with van der Waals surface area (Å²) < 4.78 is 29.2. The van der Waals surface area contributed by atoms with Gasteiger partial charge < -0.3 is 5.32 Å². The Balaban J connectivity index is 1.88. The van der Waals surface area contributed by atoms with Crippen LogP contribution in [0.15, 0.2) is 27.0 Å². The van der Waals surface area contributed by atoms with E-state index in [4.69, 9.17) is 0 Å². The Morgan fingerprint density at radius 1 is 1.38 bits per heavy atom. The summed E-state index contributed by atoms with van der Waals surface area (Å²) in [6.45, 7) is 7.79. The molecule has 0 atom stereocenters. The number of nitrogens with zero attached hydrogens (tertiary/aromatic N) is 2. The molecule has 3 heterocycles. The van der Waals surface area contributed by atoms with Gasteiger partial charge in [-0.15, -0.1) is 11.3 Å². The molecule has 0 unspecified atom stereocenters. The van der Waals surface area contributed by atoms with Gasteiger partial charge in [-0.2, -0.15) is 4.31 Å². The number of anilines is 1. The quantitative estimate of drug-likeness (QED) is 0.696. The molecule has 26 heavy (non-hydrogen) atoms. The van der Waals surface area contributed by atoms with Gasteiger partial charge in [0.2, 0.25) is 10.0 Å². The van der Waals surface area contributed by atoms with Crippen LogP contribution in [0.1, 0.15) is 36.3 Å². The van der Waals surface area contributed by atoms with E-state index in [1.165, 1.54) is 5.56 Å². The monoisotopic (exact) mass is 457 g/mol. The maximum Gasteiger partial charge on any atom is 0.247 e. The second-order valence-corrected chi connectivity index (χ2v) is 11.5. The van der Waals surface area contributed by atoms with Crippen LogP contribution in [0, 0.1) is 12.8 Å². The molecule has 1 aliphatic heterocycles. The standard InChI is InChI=1S/C18H24BrN3O2S2/c1-12(2)4-6-20-18-16(8-13(3)10-21-18)26(23,24)22-7-5-14-9-17(19)25-15(14)11-22/h8-10,12H,4-7,11H2,1-3H3,(H,20,21). The second-order valence-electron chi connectivity index (χ2n) is 7.06. The first-order chi connectivity index (χ1) is 12.3. The van der Waals surface area contributed by atoms with E-state index in [0.717, 1.165) is 27.1 Å². The normalized spacial score (nSPS) is 15.3. The maximum atomic E-state index is 13.3. The Morgan fingerprint density at radius 2 is 2.15 bits per heavy atom. The third kappa shape index (κ3) is 4.30. The average molecular weight is 458 g/mol. The van der Waals surface area contributed by atoms with Gasteiger partial charge in [-0.25, -0.2) is 13.4 Å². The predicted molar refractivity (Wildman–Crippen MR) is 110 cm³/mol. The summed E-state index contributed by atoms with van der Waals surface area (Å²) in [7, 11) is -3.60. The molecule has 0 saturated carbocycles. The number of sulfonamides is 1. The van der Waals surface area contributed by atoms with Gasteiger partial charge in [0, 0.05) is 30.7 Å². The molecule has 0 amide bonds. The fourth-order valence-corrected chi connectivity index (χ4v) is 6.46. The second kappa shape index (κ2) is 7.96. The molecule has 0 bridgehead atoms. The van der Waals surface area contributed by atoms with Crippen LogP contribution in [0.25, 0.3) is 0 Å². The fourth-order valence-electron chi connectivity index (χ4n) is 2.96. The summed E-state index contributed by atoms with van der Waals surface area (Å²) in [4.78, 5) is 5.75. The molecule has 0 saturated heterocycles. The fraction of sp³-hybridized carbons (Fsp3) is 0.500. The Morgan fingerprint density at radius 3 is 2.88 bits per heavy atom. The number of fused-ring (bicyclic) bond motifs is 1. The molecule has 142 valence electrons. The van der Waals surface area contributed by atoms with Crippen molar-refractivity contribution in [2.24, 2.45) is 5.92 Å². The molecular weight excluding hydrogens is 434 g/mol. The summed E-state index contributed by atoms with van der Waals surface area (Å²) in [5.41, 5.74) is 2.08. The highest BCUT2D eigenvalue weighted by Gasteiger charge is 2.31. The lowest BCUT2D eigenvalue weighted by molar-refractivity contribution is 0.395. The molecule has 0 radical (unpaired) electrons. The van der Waals surface area contributed by atoms with Crippen LogP contribution in [0.3, 0.4) is 0 Å². The van der Waals surface area contributed by atoms with E-state index in [0.29, 0.717) is 31.4 Å². The smallest absolute Gasteiger partial charge is 0.247 e. The van der Waals surface area contributed by atoms with Crippen LogP contribution in [0.4, 0.5) is 5.82 Å². The maximum absolute atomic E-state index is 13.3. The molecule has 2 aromatic heterocycles. The number of aromatic nitrogens is 1. The summed E-state index contributed by atoms with van der Waals surface area (Å²) in [6.07, 6.45) is 3.42. The van der Waals surface area contributed by atoms with E-state index in [1.807, 2.05) is 6.92 Å². The van der Waals surface area contributed by atoms with Gasteiger partial charge >= 0.3 is 0 Å². The number of nitrogens with one attached hydrogen (secondary N) is 1. The van der Waals surface area contributed by atoms with Crippen molar-refractivity contribution in [1.82, 2.24) is 9.29 Å². The van der Waals surface area contributed by atoms with Crippen molar-refractivity contribution in [3.05, 3.63) is 38.1 Å². The lowest BCUT2D eigenvalue weighted by atomic mass is 10.1. The molecule has 0 aromatic carbocycles. The van der Waals surface area contributed by atoms with Crippen LogP contribution < -0.4 is 5.32 Å². The summed E-state index contributed by atoms with van der Waals surface area (Å²) in [6, 6.07) is 3.82. The minimum atomic E-state index is -3.60. The summed E-state index contributed by atoms with van der Waals surface area (Å²) in [5, 5.41) is 3.22. The van der Waals surface area contributed by atoms with Crippen molar-refractivity contribution in [3.8, 4) is 0 Å². The highest BCUT2D eigenvalue weighted by atomic mass is 79.9. The Labute approximate surface area is 168 Å². The minimum absolute atomic E-state index is 0.278. The Hall–Kier alpha value is -0.960.